The number of halogens is 2. The highest BCUT2D eigenvalue weighted by atomic mass is 19.3. The Labute approximate surface area is 150 Å². The number of nitrogens with zero attached hydrogens (tertiary/aromatic N) is 1. The lowest BCUT2D eigenvalue weighted by molar-refractivity contribution is -0.0498. The molecule has 0 amide bonds. The molecule has 0 fully saturated rings. The van der Waals surface area contributed by atoms with E-state index in [2.05, 4.69) is 4.74 Å². The number of hydrogen-bond donors (Lipinski definition) is 0. The molecule has 0 unspecified atom stereocenters. The minimum atomic E-state index is -2.93. The Bertz CT molecular complexity index is 758. The minimum Gasteiger partial charge on any atom is -0.451 e. The second kappa shape index (κ2) is 8.42. The Balaban J connectivity index is 2.00. The van der Waals surface area contributed by atoms with Crippen LogP contribution in [0.15, 0.2) is 48.5 Å². The average molecular weight is 363 g/mol. The van der Waals surface area contributed by atoms with Crippen molar-refractivity contribution >= 4 is 17.4 Å². The molecule has 2 aromatic carbocycles. The first-order chi connectivity index (χ1) is 12.3. The van der Waals surface area contributed by atoms with Crippen molar-refractivity contribution in [1.82, 2.24) is 0 Å². The van der Waals surface area contributed by atoms with Gasteiger partial charge < -0.3 is 14.4 Å². The van der Waals surface area contributed by atoms with Gasteiger partial charge in [-0.1, -0.05) is 0 Å². The molecular weight excluding hydrogens is 344 g/mol. The van der Waals surface area contributed by atoms with E-state index < -0.39 is 24.5 Å². The normalized spacial score (nSPS) is 11.8. The van der Waals surface area contributed by atoms with Crippen LogP contribution in [0.25, 0.3) is 0 Å². The Kier molecular flexibility index (Phi) is 6.27. The van der Waals surface area contributed by atoms with Gasteiger partial charge in [-0.25, -0.2) is 4.79 Å². The SMILES string of the molecule is C[C@H](OC(=O)c1ccc(N(C)C)cc1)C(=O)c1ccc(OC(F)F)cc1. The topological polar surface area (TPSA) is 55.8 Å². The third-order valence-electron chi connectivity index (χ3n) is 3.64. The van der Waals surface area contributed by atoms with Crippen molar-refractivity contribution in [3.63, 3.8) is 0 Å². The molecule has 138 valence electrons. The first kappa shape index (κ1) is 19.4. The average Bonchev–Trinajstić information content (AvgIpc) is 2.61. The quantitative estimate of drug-likeness (QED) is 0.553. The third kappa shape index (κ3) is 5.02. The second-order valence-electron chi connectivity index (χ2n) is 5.76. The minimum absolute atomic E-state index is 0.0535. The Morgan fingerprint density at radius 3 is 1.96 bits per heavy atom. The largest absolute Gasteiger partial charge is 0.451 e. The number of rotatable bonds is 7. The van der Waals surface area contributed by atoms with Gasteiger partial charge in [0.15, 0.2) is 6.10 Å². The van der Waals surface area contributed by atoms with Crippen molar-refractivity contribution in [2.24, 2.45) is 0 Å². The predicted octanol–water partition coefficient (Wildman–Crippen LogP) is 3.78. The van der Waals surface area contributed by atoms with E-state index in [4.69, 9.17) is 4.74 Å². The fraction of sp³-hybridized carbons (Fsp3) is 0.263. The Hall–Kier alpha value is -2.96. The fourth-order valence-corrected chi connectivity index (χ4v) is 2.21. The summed E-state index contributed by atoms with van der Waals surface area (Å²) in [6.07, 6.45) is -1.02. The molecule has 0 saturated carbocycles. The number of Topliss-reactive ketones (excluding diaryl/α,β-unsaturated/α-hetero) is 1. The molecule has 0 aliphatic carbocycles. The summed E-state index contributed by atoms with van der Waals surface area (Å²) < 4.78 is 33.7. The smallest absolute Gasteiger partial charge is 0.387 e. The van der Waals surface area contributed by atoms with E-state index in [0.717, 1.165) is 5.69 Å². The summed E-state index contributed by atoms with van der Waals surface area (Å²) in [6.45, 7) is -1.48. The van der Waals surface area contributed by atoms with Crippen LogP contribution in [-0.4, -0.2) is 38.6 Å². The molecule has 7 heteroatoms. The summed E-state index contributed by atoms with van der Waals surface area (Å²) in [5.41, 5.74) is 1.49. The lowest BCUT2D eigenvalue weighted by atomic mass is 10.1. The number of esters is 1. The van der Waals surface area contributed by atoms with Gasteiger partial charge in [0.2, 0.25) is 5.78 Å². The Morgan fingerprint density at radius 1 is 0.923 bits per heavy atom. The number of carbonyl (C=O) groups is 2. The van der Waals surface area contributed by atoms with Crippen molar-refractivity contribution in [3.05, 3.63) is 59.7 Å². The van der Waals surface area contributed by atoms with Crippen molar-refractivity contribution in [3.8, 4) is 5.75 Å². The van der Waals surface area contributed by atoms with Crippen LogP contribution in [0.4, 0.5) is 14.5 Å². The lowest BCUT2D eigenvalue weighted by Crippen LogP contribution is -2.24. The first-order valence-electron chi connectivity index (χ1n) is 7.85. The van der Waals surface area contributed by atoms with Crippen LogP contribution < -0.4 is 9.64 Å². The first-order valence-corrected chi connectivity index (χ1v) is 7.85. The van der Waals surface area contributed by atoms with Gasteiger partial charge >= 0.3 is 12.6 Å². The van der Waals surface area contributed by atoms with Crippen molar-refractivity contribution in [2.45, 2.75) is 19.6 Å². The summed E-state index contributed by atoms with van der Waals surface area (Å²) in [7, 11) is 3.76. The molecule has 0 bridgehead atoms. The predicted molar refractivity (Wildman–Crippen MR) is 93.1 cm³/mol. The van der Waals surface area contributed by atoms with Crippen LogP contribution in [0.3, 0.4) is 0 Å². The zero-order chi connectivity index (χ0) is 19.3. The molecule has 0 aliphatic heterocycles. The molecule has 2 aromatic rings. The van der Waals surface area contributed by atoms with Gasteiger partial charge in [0.25, 0.3) is 0 Å². The van der Waals surface area contributed by atoms with Crippen molar-refractivity contribution in [2.75, 3.05) is 19.0 Å². The van der Waals surface area contributed by atoms with E-state index >= 15 is 0 Å². The molecule has 0 radical (unpaired) electrons. The van der Waals surface area contributed by atoms with Gasteiger partial charge in [0.05, 0.1) is 5.56 Å². The monoisotopic (exact) mass is 363 g/mol. The number of anilines is 1. The summed E-state index contributed by atoms with van der Waals surface area (Å²) in [5.74, 6) is -1.11. The van der Waals surface area contributed by atoms with Crippen LogP contribution >= 0.6 is 0 Å². The highest BCUT2D eigenvalue weighted by Gasteiger charge is 2.20. The summed E-state index contributed by atoms with van der Waals surface area (Å²) in [4.78, 5) is 26.4. The fourth-order valence-electron chi connectivity index (χ4n) is 2.21. The summed E-state index contributed by atoms with van der Waals surface area (Å²) >= 11 is 0. The standard InChI is InChI=1S/C19H19F2NO4/c1-12(17(23)13-6-10-16(11-7-13)26-19(20)21)25-18(24)14-4-8-15(9-5-14)22(2)3/h4-12,19H,1-3H3/t12-/m0/s1. The molecule has 0 aliphatic rings. The van der Waals surface area contributed by atoms with Gasteiger partial charge in [-0.05, 0) is 55.5 Å². The van der Waals surface area contributed by atoms with Crippen LogP contribution in [0.1, 0.15) is 27.6 Å². The van der Waals surface area contributed by atoms with Gasteiger partial charge in [-0.2, -0.15) is 8.78 Å². The molecule has 0 aromatic heterocycles. The van der Waals surface area contributed by atoms with E-state index in [9.17, 15) is 18.4 Å². The maximum atomic E-state index is 12.3. The number of carbonyl (C=O) groups excluding carboxylic acids is 2. The number of ether oxygens (including phenoxy) is 2. The van der Waals surface area contributed by atoms with Gasteiger partial charge in [0.1, 0.15) is 5.75 Å². The molecule has 0 N–H and O–H groups in total. The van der Waals surface area contributed by atoms with E-state index in [1.807, 2.05) is 19.0 Å². The highest BCUT2D eigenvalue weighted by Crippen LogP contribution is 2.18. The number of benzene rings is 2. The highest BCUT2D eigenvalue weighted by molar-refractivity contribution is 6.01. The van der Waals surface area contributed by atoms with Crippen LogP contribution in [-0.2, 0) is 4.74 Å². The van der Waals surface area contributed by atoms with Crippen LogP contribution in [0, 0.1) is 0 Å². The van der Waals surface area contributed by atoms with E-state index in [1.165, 1.54) is 31.2 Å². The van der Waals surface area contributed by atoms with E-state index in [1.54, 1.807) is 24.3 Å². The summed E-state index contributed by atoms with van der Waals surface area (Å²) in [5, 5.41) is 0. The van der Waals surface area contributed by atoms with Crippen molar-refractivity contribution < 1.29 is 27.8 Å². The van der Waals surface area contributed by atoms with Crippen LogP contribution in [0.5, 0.6) is 5.75 Å². The lowest BCUT2D eigenvalue weighted by Gasteiger charge is -2.14. The number of hydrogen-bond acceptors (Lipinski definition) is 5. The molecule has 0 saturated heterocycles. The third-order valence-corrected chi connectivity index (χ3v) is 3.64. The zero-order valence-electron chi connectivity index (χ0n) is 14.6. The van der Waals surface area contributed by atoms with Gasteiger partial charge in [-0.15, -0.1) is 0 Å². The maximum absolute atomic E-state index is 12.3. The maximum Gasteiger partial charge on any atom is 0.387 e. The number of alkyl halides is 2. The molecule has 5 nitrogen and oxygen atoms in total. The molecule has 26 heavy (non-hydrogen) atoms. The second-order valence-corrected chi connectivity index (χ2v) is 5.76. The van der Waals surface area contributed by atoms with Crippen molar-refractivity contribution in [1.29, 1.82) is 0 Å². The molecule has 1 atom stereocenters. The molecule has 0 heterocycles. The van der Waals surface area contributed by atoms with Crippen LogP contribution in [0.2, 0.25) is 0 Å². The summed E-state index contributed by atoms with van der Waals surface area (Å²) in [6, 6.07) is 12.0. The van der Waals surface area contributed by atoms with Gasteiger partial charge in [0, 0.05) is 25.3 Å². The van der Waals surface area contributed by atoms with Gasteiger partial charge in [-0.3, -0.25) is 4.79 Å². The molecular formula is C19H19F2NO4. The van der Waals surface area contributed by atoms with E-state index in [0.29, 0.717) is 5.56 Å². The Morgan fingerprint density at radius 2 is 1.46 bits per heavy atom. The molecule has 2 rings (SSSR count). The number of ketones is 1. The zero-order valence-corrected chi connectivity index (χ0v) is 14.6. The van der Waals surface area contributed by atoms with E-state index in [-0.39, 0.29) is 11.3 Å². The molecule has 0 spiro atoms.